The maximum atomic E-state index is 11.0. The Morgan fingerprint density at radius 1 is 1.50 bits per heavy atom. The predicted molar refractivity (Wildman–Crippen MR) is 49.0 cm³/mol. The van der Waals surface area contributed by atoms with E-state index in [4.69, 9.17) is 4.74 Å². The number of nitrogens with one attached hydrogen (secondary N) is 1. The van der Waals surface area contributed by atoms with Crippen molar-refractivity contribution in [3.63, 3.8) is 0 Å². The molecule has 0 bridgehead atoms. The van der Waals surface area contributed by atoms with Crippen LogP contribution >= 0.6 is 0 Å². The van der Waals surface area contributed by atoms with Crippen LogP contribution in [0, 0.1) is 0 Å². The highest BCUT2D eigenvalue weighted by molar-refractivity contribution is 5.77. The third-order valence-electron chi connectivity index (χ3n) is 1.40. The molecule has 0 saturated heterocycles. The molecule has 0 aliphatic carbocycles. The van der Waals surface area contributed by atoms with Gasteiger partial charge in [-0.3, -0.25) is 4.79 Å². The summed E-state index contributed by atoms with van der Waals surface area (Å²) in [7, 11) is 0. The van der Waals surface area contributed by atoms with E-state index in [-0.39, 0.29) is 18.6 Å². The molecule has 0 rings (SSSR count). The van der Waals surface area contributed by atoms with Crippen LogP contribution in [0.25, 0.3) is 0 Å². The summed E-state index contributed by atoms with van der Waals surface area (Å²) < 4.78 is 5.12. The zero-order valence-corrected chi connectivity index (χ0v) is 8.22. The number of hydrogen-bond acceptors (Lipinski definition) is 2. The number of ether oxygens (including phenoxy) is 1. The molecule has 0 aromatic carbocycles. The molecule has 0 atom stereocenters. The molecule has 0 spiro atoms. The van der Waals surface area contributed by atoms with Gasteiger partial charge in [0.2, 0.25) is 5.91 Å². The lowest BCUT2D eigenvalue weighted by atomic mass is 10.3. The Kier molecular flexibility index (Phi) is 6.76. The van der Waals surface area contributed by atoms with Crippen LogP contribution < -0.4 is 5.32 Å². The average molecular weight is 173 g/mol. The Bertz CT molecular complexity index is 124. The van der Waals surface area contributed by atoms with Gasteiger partial charge in [-0.05, 0) is 20.3 Å². The fourth-order valence-electron chi connectivity index (χ4n) is 0.698. The lowest BCUT2D eigenvalue weighted by Crippen LogP contribution is -2.29. The van der Waals surface area contributed by atoms with Gasteiger partial charge in [0.15, 0.2) is 0 Å². The van der Waals surface area contributed by atoms with Gasteiger partial charge in [-0.15, -0.1) is 0 Å². The average Bonchev–Trinajstić information content (AvgIpc) is 2.01. The summed E-state index contributed by atoms with van der Waals surface area (Å²) in [5.74, 6) is -0.0165. The molecular weight excluding hydrogens is 154 g/mol. The molecule has 3 nitrogen and oxygen atoms in total. The molecule has 0 heterocycles. The highest BCUT2D eigenvalue weighted by Gasteiger charge is 2.00. The minimum absolute atomic E-state index is 0.0165. The number of unbranched alkanes of at least 4 members (excludes halogenated alkanes) is 1. The monoisotopic (exact) mass is 173 g/mol. The van der Waals surface area contributed by atoms with Crippen LogP contribution in [0.15, 0.2) is 0 Å². The lowest BCUT2D eigenvalue weighted by molar-refractivity contribution is -0.127. The lowest BCUT2D eigenvalue weighted by Gasteiger charge is -2.07. The molecule has 12 heavy (non-hydrogen) atoms. The number of hydrogen-bond donors (Lipinski definition) is 1. The molecule has 0 aromatic heterocycles. The van der Waals surface area contributed by atoms with Gasteiger partial charge in [0.1, 0.15) is 6.61 Å². The third kappa shape index (κ3) is 7.54. The molecule has 0 aromatic rings. The van der Waals surface area contributed by atoms with Crippen molar-refractivity contribution in [2.75, 3.05) is 13.2 Å². The van der Waals surface area contributed by atoms with E-state index in [0.717, 1.165) is 19.4 Å². The van der Waals surface area contributed by atoms with Crippen molar-refractivity contribution < 1.29 is 9.53 Å². The van der Waals surface area contributed by atoms with Crippen LogP contribution in [-0.4, -0.2) is 25.2 Å². The molecule has 72 valence electrons. The van der Waals surface area contributed by atoms with E-state index >= 15 is 0 Å². The first-order valence-electron chi connectivity index (χ1n) is 4.55. The van der Waals surface area contributed by atoms with Gasteiger partial charge in [-0.1, -0.05) is 13.3 Å². The van der Waals surface area contributed by atoms with Gasteiger partial charge < -0.3 is 10.1 Å². The van der Waals surface area contributed by atoms with Crippen molar-refractivity contribution in [3.05, 3.63) is 0 Å². The van der Waals surface area contributed by atoms with Crippen LogP contribution in [0.1, 0.15) is 33.6 Å². The zero-order chi connectivity index (χ0) is 9.40. The molecule has 0 fully saturated rings. The van der Waals surface area contributed by atoms with E-state index in [1.807, 2.05) is 13.8 Å². The second-order valence-corrected chi connectivity index (χ2v) is 3.06. The summed E-state index contributed by atoms with van der Waals surface area (Å²) in [4.78, 5) is 11.0. The minimum Gasteiger partial charge on any atom is -0.369 e. The van der Waals surface area contributed by atoms with E-state index in [1.165, 1.54) is 0 Å². The van der Waals surface area contributed by atoms with Crippen LogP contribution in [0.2, 0.25) is 0 Å². The summed E-state index contributed by atoms with van der Waals surface area (Å²) in [6.45, 7) is 6.87. The third-order valence-corrected chi connectivity index (χ3v) is 1.40. The second-order valence-electron chi connectivity index (χ2n) is 3.06. The highest BCUT2D eigenvalue weighted by atomic mass is 16.5. The molecule has 1 amide bonds. The Morgan fingerprint density at radius 2 is 2.17 bits per heavy atom. The van der Waals surface area contributed by atoms with E-state index in [2.05, 4.69) is 12.2 Å². The highest BCUT2D eigenvalue weighted by Crippen LogP contribution is 1.87. The van der Waals surface area contributed by atoms with E-state index in [9.17, 15) is 4.79 Å². The van der Waals surface area contributed by atoms with Gasteiger partial charge >= 0.3 is 0 Å². The summed E-state index contributed by atoms with van der Waals surface area (Å²) in [5.41, 5.74) is 0. The summed E-state index contributed by atoms with van der Waals surface area (Å²) in [6, 6.07) is 0. The Labute approximate surface area is 74.5 Å². The van der Waals surface area contributed by atoms with Gasteiger partial charge in [0.05, 0.1) is 6.10 Å². The molecule has 1 N–H and O–H groups in total. The van der Waals surface area contributed by atoms with Gasteiger partial charge in [-0.2, -0.15) is 0 Å². The molecule has 0 aliphatic rings. The fourth-order valence-corrected chi connectivity index (χ4v) is 0.698. The van der Waals surface area contributed by atoms with Crippen molar-refractivity contribution in [2.24, 2.45) is 0 Å². The maximum Gasteiger partial charge on any atom is 0.246 e. The smallest absolute Gasteiger partial charge is 0.246 e. The molecule has 3 heteroatoms. The maximum absolute atomic E-state index is 11.0. The Hall–Kier alpha value is -0.570. The standard InChI is InChI=1S/C9H19NO2/c1-4-5-6-10-9(11)7-12-8(2)3/h8H,4-7H2,1-3H3,(H,10,11). The molecule has 0 saturated carbocycles. The van der Waals surface area contributed by atoms with Crippen molar-refractivity contribution in [1.82, 2.24) is 5.32 Å². The topological polar surface area (TPSA) is 38.3 Å². The summed E-state index contributed by atoms with van der Waals surface area (Å²) in [5, 5.41) is 2.78. The van der Waals surface area contributed by atoms with Crippen molar-refractivity contribution >= 4 is 5.91 Å². The van der Waals surface area contributed by atoms with Crippen LogP contribution in [0.3, 0.4) is 0 Å². The first kappa shape index (κ1) is 11.4. The quantitative estimate of drug-likeness (QED) is 0.615. The molecule has 0 unspecified atom stereocenters. The minimum atomic E-state index is -0.0165. The SMILES string of the molecule is CCCCNC(=O)COC(C)C. The van der Waals surface area contributed by atoms with Gasteiger partial charge in [0, 0.05) is 6.54 Å². The number of amides is 1. The molecule has 0 radical (unpaired) electrons. The summed E-state index contributed by atoms with van der Waals surface area (Å²) >= 11 is 0. The van der Waals surface area contributed by atoms with E-state index in [1.54, 1.807) is 0 Å². The van der Waals surface area contributed by atoms with Crippen LogP contribution in [0.5, 0.6) is 0 Å². The number of carbonyl (C=O) groups is 1. The van der Waals surface area contributed by atoms with Crippen LogP contribution in [-0.2, 0) is 9.53 Å². The normalized spacial score (nSPS) is 10.3. The summed E-state index contributed by atoms with van der Waals surface area (Å²) in [6.07, 6.45) is 2.26. The van der Waals surface area contributed by atoms with Crippen molar-refractivity contribution in [3.8, 4) is 0 Å². The second kappa shape index (κ2) is 7.10. The molecular formula is C9H19NO2. The molecule has 0 aliphatic heterocycles. The largest absolute Gasteiger partial charge is 0.369 e. The first-order chi connectivity index (χ1) is 5.66. The number of carbonyl (C=O) groups excluding carboxylic acids is 1. The van der Waals surface area contributed by atoms with Crippen LogP contribution in [0.4, 0.5) is 0 Å². The predicted octanol–water partition coefficient (Wildman–Crippen LogP) is 1.33. The Morgan fingerprint density at radius 3 is 2.67 bits per heavy atom. The van der Waals surface area contributed by atoms with E-state index < -0.39 is 0 Å². The van der Waals surface area contributed by atoms with E-state index in [0.29, 0.717) is 0 Å². The van der Waals surface area contributed by atoms with Crippen molar-refractivity contribution in [1.29, 1.82) is 0 Å². The first-order valence-corrected chi connectivity index (χ1v) is 4.55. The number of rotatable bonds is 6. The van der Waals surface area contributed by atoms with Gasteiger partial charge in [-0.25, -0.2) is 0 Å². The van der Waals surface area contributed by atoms with Crippen molar-refractivity contribution in [2.45, 2.75) is 39.7 Å². The van der Waals surface area contributed by atoms with Gasteiger partial charge in [0.25, 0.3) is 0 Å². The fraction of sp³-hybridized carbons (Fsp3) is 0.889. The zero-order valence-electron chi connectivity index (χ0n) is 8.22. The Balaban J connectivity index is 3.22.